The first-order chi connectivity index (χ1) is 5.15. The first kappa shape index (κ1) is 8.47. The van der Waals surface area contributed by atoms with Gasteiger partial charge in [0.1, 0.15) is 5.82 Å². The van der Waals surface area contributed by atoms with Crippen LogP contribution in [0.15, 0.2) is 23.2 Å². The Morgan fingerprint density at radius 1 is 1.55 bits per heavy atom. The molecule has 0 aliphatic heterocycles. The number of aryl methyl sites for hydroxylation is 1. The zero-order valence-corrected chi connectivity index (χ0v) is 7.78. The first-order valence-electron chi connectivity index (χ1n) is 3.23. The summed E-state index contributed by atoms with van der Waals surface area (Å²) in [5, 5.41) is 0. The van der Waals surface area contributed by atoms with Crippen molar-refractivity contribution in [1.82, 2.24) is 0 Å². The molecule has 1 rings (SSSR count). The Labute approximate surface area is 73.9 Å². The lowest BCUT2D eigenvalue weighted by Crippen LogP contribution is -1.85. The van der Waals surface area contributed by atoms with Crippen LogP contribution in [0.2, 0.25) is 0 Å². The molecule has 0 spiro atoms. The van der Waals surface area contributed by atoms with Crippen molar-refractivity contribution in [3.63, 3.8) is 0 Å². The van der Waals surface area contributed by atoms with Gasteiger partial charge < -0.3 is 0 Å². The Morgan fingerprint density at radius 3 is 2.64 bits per heavy atom. The number of benzene rings is 1. The lowest BCUT2D eigenvalue weighted by molar-refractivity contribution is 0.623. The van der Waals surface area contributed by atoms with E-state index in [0.29, 0.717) is 5.56 Å². The minimum Gasteiger partial charge on any atom is -0.206 e. The fourth-order valence-electron chi connectivity index (χ4n) is 0.906. The molecule has 0 aliphatic rings. The van der Waals surface area contributed by atoms with E-state index < -0.39 is 0 Å². The van der Waals surface area contributed by atoms with E-state index in [2.05, 4.69) is 22.5 Å². The van der Waals surface area contributed by atoms with Crippen molar-refractivity contribution in [3.05, 3.63) is 40.1 Å². The zero-order valence-electron chi connectivity index (χ0n) is 6.20. The molecule has 0 unspecified atom stereocenters. The molecule has 0 aliphatic carbocycles. The van der Waals surface area contributed by atoms with Crippen LogP contribution in [0.1, 0.15) is 11.1 Å². The van der Waals surface area contributed by atoms with E-state index in [1.807, 2.05) is 13.0 Å². The van der Waals surface area contributed by atoms with Gasteiger partial charge in [0.15, 0.2) is 0 Å². The van der Waals surface area contributed by atoms with Gasteiger partial charge in [-0.05, 0) is 24.6 Å². The van der Waals surface area contributed by atoms with Crippen LogP contribution in [0, 0.1) is 12.7 Å². The predicted octanol–water partition coefficient (Wildman–Crippen LogP) is 3.54. The Morgan fingerprint density at radius 2 is 2.18 bits per heavy atom. The third-order valence-corrected chi connectivity index (χ3v) is 2.08. The zero-order chi connectivity index (χ0) is 8.43. The van der Waals surface area contributed by atoms with Gasteiger partial charge >= 0.3 is 0 Å². The molecule has 1 aromatic rings. The summed E-state index contributed by atoms with van der Waals surface area (Å²) >= 11 is 3.25. The summed E-state index contributed by atoms with van der Waals surface area (Å²) < 4.78 is 13.8. The van der Waals surface area contributed by atoms with E-state index in [1.54, 1.807) is 0 Å². The Kier molecular flexibility index (Phi) is 2.45. The van der Waals surface area contributed by atoms with Crippen molar-refractivity contribution in [2.45, 2.75) is 6.92 Å². The molecule has 0 saturated heterocycles. The minimum absolute atomic E-state index is 0.230. The van der Waals surface area contributed by atoms with Gasteiger partial charge in [-0.25, -0.2) is 4.39 Å². The highest BCUT2D eigenvalue weighted by Gasteiger charge is 2.02. The van der Waals surface area contributed by atoms with Crippen molar-refractivity contribution >= 4 is 22.0 Å². The molecule has 1 aromatic carbocycles. The molecule has 0 N–H and O–H groups in total. The monoisotopic (exact) mass is 214 g/mol. The SMILES string of the molecule is C=Cc1c(F)cc(C)cc1Br. The van der Waals surface area contributed by atoms with E-state index in [0.717, 1.165) is 10.0 Å². The van der Waals surface area contributed by atoms with Crippen molar-refractivity contribution in [2.75, 3.05) is 0 Å². The first-order valence-corrected chi connectivity index (χ1v) is 4.02. The van der Waals surface area contributed by atoms with Crippen LogP contribution in [0.3, 0.4) is 0 Å². The van der Waals surface area contributed by atoms with Gasteiger partial charge in [-0.15, -0.1) is 0 Å². The highest BCUT2D eigenvalue weighted by atomic mass is 79.9. The fraction of sp³-hybridized carbons (Fsp3) is 0.111. The number of halogens is 2. The molecule has 0 amide bonds. The maximum absolute atomic E-state index is 13.0. The second-order valence-corrected chi connectivity index (χ2v) is 3.20. The molecule has 0 nitrogen and oxygen atoms in total. The summed E-state index contributed by atoms with van der Waals surface area (Å²) in [7, 11) is 0. The van der Waals surface area contributed by atoms with Crippen LogP contribution < -0.4 is 0 Å². The standard InChI is InChI=1S/C9H8BrF/c1-3-7-8(10)4-6(2)5-9(7)11/h3-5H,1H2,2H3. The summed E-state index contributed by atoms with van der Waals surface area (Å²) in [6.07, 6.45) is 1.50. The highest BCUT2D eigenvalue weighted by molar-refractivity contribution is 9.10. The second kappa shape index (κ2) is 3.18. The molecule has 0 radical (unpaired) electrons. The molecular weight excluding hydrogens is 207 g/mol. The van der Waals surface area contributed by atoms with E-state index in [9.17, 15) is 4.39 Å². The maximum atomic E-state index is 13.0. The van der Waals surface area contributed by atoms with E-state index in [-0.39, 0.29) is 5.82 Å². The molecule has 0 atom stereocenters. The maximum Gasteiger partial charge on any atom is 0.131 e. The normalized spacial score (nSPS) is 9.73. The third-order valence-electron chi connectivity index (χ3n) is 1.43. The molecule has 0 heterocycles. The van der Waals surface area contributed by atoms with E-state index in [4.69, 9.17) is 0 Å². The Hall–Kier alpha value is -0.630. The average molecular weight is 215 g/mol. The summed E-state index contributed by atoms with van der Waals surface area (Å²) in [5.41, 5.74) is 1.43. The van der Waals surface area contributed by atoms with E-state index >= 15 is 0 Å². The molecule has 2 heteroatoms. The van der Waals surface area contributed by atoms with Crippen LogP contribution in [0.5, 0.6) is 0 Å². The number of hydrogen-bond donors (Lipinski definition) is 0. The van der Waals surface area contributed by atoms with Gasteiger partial charge in [0.25, 0.3) is 0 Å². The fourth-order valence-corrected chi connectivity index (χ4v) is 1.62. The van der Waals surface area contributed by atoms with E-state index in [1.165, 1.54) is 12.1 Å². The van der Waals surface area contributed by atoms with Crippen LogP contribution in [-0.4, -0.2) is 0 Å². The second-order valence-electron chi connectivity index (χ2n) is 2.35. The van der Waals surface area contributed by atoms with Crippen molar-refractivity contribution in [1.29, 1.82) is 0 Å². The minimum atomic E-state index is -0.230. The summed E-state index contributed by atoms with van der Waals surface area (Å²) in [5.74, 6) is -0.230. The summed E-state index contributed by atoms with van der Waals surface area (Å²) in [6.45, 7) is 5.36. The van der Waals surface area contributed by atoms with Gasteiger partial charge in [0, 0.05) is 10.0 Å². The predicted molar refractivity (Wildman–Crippen MR) is 48.9 cm³/mol. The molecule has 0 aromatic heterocycles. The largest absolute Gasteiger partial charge is 0.206 e. The van der Waals surface area contributed by atoms with Crippen LogP contribution >= 0.6 is 15.9 Å². The number of hydrogen-bond acceptors (Lipinski definition) is 0. The van der Waals surface area contributed by atoms with Crippen molar-refractivity contribution in [3.8, 4) is 0 Å². The molecule has 58 valence electrons. The van der Waals surface area contributed by atoms with Gasteiger partial charge in [-0.3, -0.25) is 0 Å². The third kappa shape index (κ3) is 1.69. The van der Waals surface area contributed by atoms with Crippen LogP contribution in [-0.2, 0) is 0 Å². The lowest BCUT2D eigenvalue weighted by atomic mass is 10.1. The lowest BCUT2D eigenvalue weighted by Gasteiger charge is -2.01. The van der Waals surface area contributed by atoms with Crippen LogP contribution in [0.25, 0.3) is 6.08 Å². The molecule has 0 saturated carbocycles. The molecule has 11 heavy (non-hydrogen) atoms. The van der Waals surface area contributed by atoms with Gasteiger partial charge in [0.2, 0.25) is 0 Å². The summed E-state index contributed by atoms with van der Waals surface area (Å²) in [4.78, 5) is 0. The van der Waals surface area contributed by atoms with Crippen molar-refractivity contribution < 1.29 is 4.39 Å². The topological polar surface area (TPSA) is 0 Å². The molecule has 0 fully saturated rings. The molecular formula is C9H8BrF. The van der Waals surface area contributed by atoms with Crippen molar-refractivity contribution in [2.24, 2.45) is 0 Å². The van der Waals surface area contributed by atoms with Gasteiger partial charge in [0.05, 0.1) is 0 Å². The quantitative estimate of drug-likeness (QED) is 0.672. The highest BCUT2D eigenvalue weighted by Crippen LogP contribution is 2.22. The average Bonchev–Trinajstić information content (AvgIpc) is 1.85. The van der Waals surface area contributed by atoms with Crippen LogP contribution in [0.4, 0.5) is 4.39 Å². The molecule has 0 bridgehead atoms. The smallest absolute Gasteiger partial charge is 0.131 e. The van der Waals surface area contributed by atoms with Gasteiger partial charge in [-0.1, -0.05) is 28.6 Å². The van der Waals surface area contributed by atoms with Gasteiger partial charge in [-0.2, -0.15) is 0 Å². The number of rotatable bonds is 1. The summed E-state index contributed by atoms with van der Waals surface area (Å²) in [6, 6.07) is 3.35. The Bertz CT molecular complexity index is 269. The Balaban J connectivity index is 3.36.